The molecule has 0 unspecified atom stereocenters. The summed E-state index contributed by atoms with van der Waals surface area (Å²) >= 11 is 0. The van der Waals surface area contributed by atoms with Crippen LogP contribution in [0.3, 0.4) is 0 Å². The van der Waals surface area contributed by atoms with Crippen LogP contribution in [0.1, 0.15) is 5.56 Å². The van der Waals surface area contributed by atoms with Gasteiger partial charge in [-0.3, -0.25) is 0 Å². The second-order valence-corrected chi connectivity index (χ2v) is 4.42. The molecule has 5 heteroatoms. The minimum absolute atomic E-state index is 0.737. The van der Waals surface area contributed by atoms with Crippen LogP contribution in [0.5, 0.6) is 17.2 Å². The number of rotatable bonds is 7. The Morgan fingerprint density at radius 3 is 2.43 bits per heavy atom. The molecule has 0 aliphatic heterocycles. The molecule has 0 aliphatic rings. The highest BCUT2D eigenvalue weighted by Gasteiger charge is 2.05. The van der Waals surface area contributed by atoms with Crippen LogP contribution in [0.25, 0.3) is 0 Å². The molecule has 1 aromatic carbocycles. The van der Waals surface area contributed by atoms with Crippen molar-refractivity contribution in [1.29, 1.82) is 0 Å². The van der Waals surface area contributed by atoms with Crippen LogP contribution in [0.4, 0.5) is 5.82 Å². The maximum Gasteiger partial charge on any atom is 0.168 e. The second kappa shape index (κ2) is 7.38. The zero-order valence-corrected chi connectivity index (χ0v) is 12.6. The molecule has 1 N–H and O–H groups in total. The number of methoxy groups -OCH3 is 3. The van der Waals surface area contributed by atoms with Gasteiger partial charge in [-0.25, -0.2) is 4.98 Å². The molecule has 0 saturated carbocycles. The molecule has 1 heterocycles. The average Bonchev–Trinajstić information content (AvgIpc) is 2.55. The van der Waals surface area contributed by atoms with Crippen molar-refractivity contribution in [1.82, 2.24) is 4.98 Å². The lowest BCUT2D eigenvalue weighted by Gasteiger charge is -2.11. The minimum Gasteiger partial charge on any atom is -0.493 e. The van der Waals surface area contributed by atoms with Gasteiger partial charge in [-0.1, -0.05) is 6.07 Å². The Morgan fingerprint density at radius 2 is 1.71 bits per heavy atom. The predicted molar refractivity (Wildman–Crippen MR) is 82.5 cm³/mol. The normalized spacial score (nSPS) is 10.0. The van der Waals surface area contributed by atoms with Crippen molar-refractivity contribution >= 4 is 5.82 Å². The molecule has 1 aromatic heterocycles. The number of nitrogens with one attached hydrogen (secondary N) is 1. The maximum atomic E-state index is 5.30. The molecule has 2 rings (SSSR count). The number of anilines is 1. The summed E-state index contributed by atoms with van der Waals surface area (Å²) in [5, 5.41) is 3.27. The molecule has 0 radical (unpaired) electrons. The van der Waals surface area contributed by atoms with Gasteiger partial charge in [-0.05, 0) is 36.2 Å². The van der Waals surface area contributed by atoms with Gasteiger partial charge in [0.05, 0.1) is 21.3 Å². The van der Waals surface area contributed by atoms with E-state index >= 15 is 0 Å². The molecule has 0 spiro atoms. The molecule has 0 fully saturated rings. The smallest absolute Gasteiger partial charge is 0.168 e. The summed E-state index contributed by atoms with van der Waals surface area (Å²) in [5.74, 6) is 2.97. The van der Waals surface area contributed by atoms with E-state index in [2.05, 4.69) is 10.3 Å². The van der Waals surface area contributed by atoms with Crippen molar-refractivity contribution in [3.05, 3.63) is 42.1 Å². The zero-order chi connectivity index (χ0) is 15.1. The number of nitrogens with zero attached hydrogens (tertiary/aromatic N) is 1. The van der Waals surface area contributed by atoms with E-state index in [1.54, 1.807) is 27.5 Å². The van der Waals surface area contributed by atoms with E-state index in [0.717, 1.165) is 41.6 Å². The van der Waals surface area contributed by atoms with Crippen molar-refractivity contribution < 1.29 is 14.2 Å². The van der Waals surface area contributed by atoms with E-state index in [-0.39, 0.29) is 0 Å². The Bertz CT molecular complexity index is 587. The Labute approximate surface area is 124 Å². The Kier molecular flexibility index (Phi) is 5.26. The minimum atomic E-state index is 0.737. The number of hydrogen-bond donors (Lipinski definition) is 1. The van der Waals surface area contributed by atoms with Gasteiger partial charge in [0.15, 0.2) is 23.1 Å². The predicted octanol–water partition coefficient (Wildman–Crippen LogP) is 2.76. The molecule has 21 heavy (non-hydrogen) atoms. The maximum absolute atomic E-state index is 5.30. The van der Waals surface area contributed by atoms with Crippen LogP contribution in [-0.2, 0) is 6.42 Å². The molecule has 0 atom stereocenters. The van der Waals surface area contributed by atoms with Crippen LogP contribution in [0, 0.1) is 0 Å². The lowest BCUT2D eigenvalue weighted by Crippen LogP contribution is -2.07. The first-order valence-electron chi connectivity index (χ1n) is 6.72. The SMILES string of the molecule is COc1ccc(CCNc2ncccc2OC)cc1OC. The highest BCUT2D eigenvalue weighted by Crippen LogP contribution is 2.27. The first kappa shape index (κ1) is 15.0. The summed E-state index contributed by atoms with van der Waals surface area (Å²) in [6, 6.07) is 9.65. The molecule has 112 valence electrons. The van der Waals surface area contributed by atoms with Gasteiger partial charge >= 0.3 is 0 Å². The quantitative estimate of drug-likeness (QED) is 0.849. The van der Waals surface area contributed by atoms with Crippen LogP contribution < -0.4 is 19.5 Å². The van der Waals surface area contributed by atoms with Gasteiger partial charge in [0.2, 0.25) is 0 Å². The van der Waals surface area contributed by atoms with Gasteiger partial charge in [0, 0.05) is 12.7 Å². The van der Waals surface area contributed by atoms with E-state index < -0.39 is 0 Å². The highest BCUT2D eigenvalue weighted by molar-refractivity contribution is 5.49. The molecule has 0 saturated heterocycles. The Hall–Kier alpha value is -2.43. The fourth-order valence-electron chi connectivity index (χ4n) is 2.05. The largest absolute Gasteiger partial charge is 0.493 e. The molecule has 0 aliphatic carbocycles. The van der Waals surface area contributed by atoms with Gasteiger partial charge in [-0.15, -0.1) is 0 Å². The summed E-state index contributed by atoms with van der Waals surface area (Å²) in [7, 11) is 4.90. The zero-order valence-electron chi connectivity index (χ0n) is 12.6. The van der Waals surface area contributed by atoms with Crippen LogP contribution in [-0.4, -0.2) is 32.9 Å². The van der Waals surface area contributed by atoms with Gasteiger partial charge < -0.3 is 19.5 Å². The molecular weight excluding hydrogens is 268 g/mol. The Balaban J connectivity index is 1.97. The number of ether oxygens (including phenoxy) is 3. The molecule has 0 bridgehead atoms. The van der Waals surface area contributed by atoms with E-state index in [0.29, 0.717) is 0 Å². The van der Waals surface area contributed by atoms with Crippen molar-refractivity contribution in [2.75, 3.05) is 33.2 Å². The average molecular weight is 288 g/mol. The number of benzene rings is 1. The standard InChI is InChI=1S/C16H20N2O3/c1-19-13-7-6-12(11-15(13)21-3)8-10-18-16-14(20-2)5-4-9-17-16/h4-7,9,11H,8,10H2,1-3H3,(H,17,18). The fourth-order valence-corrected chi connectivity index (χ4v) is 2.05. The number of hydrogen-bond acceptors (Lipinski definition) is 5. The van der Waals surface area contributed by atoms with Crippen molar-refractivity contribution in [2.45, 2.75) is 6.42 Å². The van der Waals surface area contributed by atoms with Gasteiger partial charge in [0.1, 0.15) is 0 Å². The Morgan fingerprint density at radius 1 is 0.952 bits per heavy atom. The lowest BCUT2D eigenvalue weighted by molar-refractivity contribution is 0.354. The molecule has 0 amide bonds. The summed E-state index contributed by atoms with van der Waals surface area (Å²) in [6.45, 7) is 0.753. The third-order valence-electron chi connectivity index (χ3n) is 3.14. The van der Waals surface area contributed by atoms with Crippen molar-refractivity contribution in [2.24, 2.45) is 0 Å². The lowest BCUT2D eigenvalue weighted by atomic mass is 10.1. The first-order valence-corrected chi connectivity index (χ1v) is 6.72. The van der Waals surface area contributed by atoms with Crippen molar-refractivity contribution in [3.8, 4) is 17.2 Å². The molecule has 2 aromatic rings. The third-order valence-corrected chi connectivity index (χ3v) is 3.14. The summed E-state index contributed by atoms with van der Waals surface area (Å²) in [6.07, 6.45) is 2.58. The van der Waals surface area contributed by atoms with Crippen molar-refractivity contribution in [3.63, 3.8) is 0 Å². The second-order valence-electron chi connectivity index (χ2n) is 4.42. The summed E-state index contributed by atoms with van der Waals surface area (Å²) in [4.78, 5) is 4.26. The molecular formula is C16H20N2O3. The van der Waals surface area contributed by atoms with E-state index in [9.17, 15) is 0 Å². The fraction of sp³-hybridized carbons (Fsp3) is 0.312. The van der Waals surface area contributed by atoms with Gasteiger partial charge in [-0.2, -0.15) is 0 Å². The first-order chi connectivity index (χ1) is 10.3. The van der Waals surface area contributed by atoms with Gasteiger partial charge in [0.25, 0.3) is 0 Å². The van der Waals surface area contributed by atoms with Crippen LogP contribution >= 0.6 is 0 Å². The third kappa shape index (κ3) is 3.78. The van der Waals surface area contributed by atoms with Crippen LogP contribution in [0.2, 0.25) is 0 Å². The number of pyridine rings is 1. The van der Waals surface area contributed by atoms with E-state index in [4.69, 9.17) is 14.2 Å². The van der Waals surface area contributed by atoms with E-state index in [1.807, 2.05) is 30.3 Å². The van der Waals surface area contributed by atoms with E-state index in [1.165, 1.54) is 0 Å². The van der Waals surface area contributed by atoms with Crippen LogP contribution in [0.15, 0.2) is 36.5 Å². The molecule has 5 nitrogen and oxygen atoms in total. The topological polar surface area (TPSA) is 52.6 Å². The summed E-state index contributed by atoms with van der Waals surface area (Å²) in [5.41, 5.74) is 1.16. The summed E-state index contributed by atoms with van der Waals surface area (Å²) < 4.78 is 15.8. The monoisotopic (exact) mass is 288 g/mol. The highest BCUT2D eigenvalue weighted by atomic mass is 16.5. The number of aromatic nitrogens is 1.